The van der Waals surface area contributed by atoms with Crippen LogP contribution in [-0.2, 0) is 4.79 Å². The van der Waals surface area contributed by atoms with Gasteiger partial charge in [-0.3, -0.25) is 4.79 Å². The quantitative estimate of drug-likeness (QED) is 0.855. The lowest BCUT2D eigenvalue weighted by Gasteiger charge is -2.33. The van der Waals surface area contributed by atoms with E-state index in [9.17, 15) is 9.90 Å². The molecule has 1 aliphatic heterocycles. The Balaban J connectivity index is 1.82. The number of carbonyl (C=O) groups is 1. The van der Waals surface area contributed by atoms with E-state index >= 15 is 0 Å². The number of aliphatic hydroxyl groups is 1. The van der Waals surface area contributed by atoms with Gasteiger partial charge in [0.15, 0.2) is 0 Å². The summed E-state index contributed by atoms with van der Waals surface area (Å²) in [5.74, 6) is -0.00547. The maximum Gasteiger partial charge on any atom is 0.256 e. The molecule has 1 aromatic carbocycles. The van der Waals surface area contributed by atoms with Crippen LogP contribution in [0.1, 0.15) is 43.2 Å². The Labute approximate surface area is 151 Å². The highest BCUT2D eigenvalue weighted by Gasteiger charge is 2.46. The number of benzene rings is 1. The van der Waals surface area contributed by atoms with Crippen LogP contribution in [0.2, 0.25) is 5.02 Å². The number of halogens is 1. The smallest absolute Gasteiger partial charge is 0.256 e. The Morgan fingerprint density at radius 2 is 2.04 bits per heavy atom. The molecule has 0 atom stereocenters. The molecule has 5 nitrogen and oxygen atoms in total. The zero-order valence-electron chi connectivity index (χ0n) is 14.1. The van der Waals surface area contributed by atoms with Gasteiger partial charge >= 0.3 is 0 Å². The molecular weight excluding hydrogens is 338 g/mol. The molecule has 2 aromatic rings. The number of nitrogens with zero attached hydrogens (tertiary/aromatic N) is 2. The number of hydrogen-bond donors (Lipinski definition) is 2. The van der Waals surface area contributed by atoms with Gasteiger partial charge in [0.1, 0.15) is 5.76 Å². The third-order valence-electron chi connectivity index (χ3n) is 5.28. The molecule has 4 rings (SSSR count). The van der Waals surface area contributed by atoms with E-state index < -0.39 is 5.54 Å². The van der Waals surface area contributed by atoms with E-state index in [4.69, 9.17) is 11.6 Å². The third-order valence-corrected chi connectivity index (χ3v) is 5.48. The van der Waals surface area contributed by atoms with Gasteiger partial charge in [0.05, 0.1) is 28.0 Å². The van der Waals surface area contributed by atoms with Crippen LogP contribution in [0, 0.1) is 6.92 Å². The molecule has 1 spiro atoms. The van der Waals surface area contributed by atoms with Crippen molar-refractivity contribution in [2.24, 2.45) is 0 Å². The number of nitrogens with one attached hydrogen (secondary N) is 1. The van der Waals surface area contributed by atoms with Gasteiger partial charge in [0, 0.05) is 6.20 Å². The van der Waals surface area contributed by atoms with Crippen molar-refractivity contribution in [3.05, 3.63) is 52.5 Å². The summed E-state index contributed by atoms with van der Waals surface area (Å²) in [5, 5.41) is 18.7. The first kappa shape index (κ1) is 16.2. The van der Waals surface area contributed by atoms with Gasteiger partial charge in [-0.25, -0.2) is 4.68 Å². The van der Waals surface area contributed by atoms with E-state index in [1.54, 1.807) is 17.1 Å². The van der Waals surface area contributed by atoms with Crippen molar-refractivity contribution >= 4 is 23.1 Å². The lowest BCUT2D eigenvalue weighted by Crippen LogP contribution is -2.46. The van der Waals surface area contributed by atoms with Crippen LogP contribution in [0.15, 0.2) is 36.4 Å². The molecule has 2 N–H and O–H groups in total. The van der Waals surface area contributed by atoms with Crippen molar-refractivity contribution in [1.29, 1.82) is 0 Å². The van der Waals surface area contributed by atoms with Crippen LogP contribution < -0.4 is 5.32 Å². The first-order valence-electron chi connectivity index (χ1n) is 8.58. The number of aromatic nitrogens is 2. The zero-order valence-corrected chi connectivity index (χ0v) is 14.8. The maximum absolute atomic E-state index is 12.7. The minimum Gasteiger partial charge on any atom is -0.509 e. The Kier molecular flexibility index (Phi) is 3.84. The fourth-order valence-electron chi connectivity index (χ4n) is 3.92. The van der Waals surface area contributed by atoms with Crippen molar-refractivity contribution in [2.45, 2.75) is 44.6 Å². The summed E-state index contributed by atoms with van der Waals surface area (Å²) in [4.78, 5) is 12.7. The summed E-state index contributed by atoms with van der Waals surface area (Å²) in [5.41, 5.74) is 2.28. The molecule has 1 aliphatic carbocycles. The number of aliphatic hydroxyl groups excluding tert-OH is 1. The molecule has 1 amide bonds. The maximum atomic E-state index is 12.7. The lowest BCUT2D eigenvalue weighted by atomic mass is 9.80. The molecular formula is C19H20ClN3O2. The Bertz CT molecular complexity index is 879. The van der Waals surface area contributed by atoms with Crippen molar-refractivity contribution in [2.75, 3.05) is 0 Å². The molecule has 0 unspecified atom stereocenters. The van der Waals surface area contributed by atoms with E-state index in [0.29, 0.717) is 10.6 Å². The minimum absolute atomic E-state index is 0.191. The molecule has 25 heavy (non-hydrogen) atoms. The highest BCUT2D eigenvalue weighted by Crippen LogP contribution is 2.42. The molecule has 2 aliphatic rings. The highest BCUT2D eigenvalue weighted by molar-refractivity contribution is 6.30. The van der Waals surface area contributed by atoms with Crippen LogP contribution in [0.5, 0.6) is 0 Å². The van der Waals surface area contributed by atoms with E-state index in [0.717, 1.165) is 48.9 Å². The van der Waals surface area contributed by atoms with Crippen molar-refractivity contribution in [3.63, 3.8) is 0 Å². The molecule has 2 heterocycles. The summed E-state index contributed by atoms with van der Waals surface area (Å²) in [7, 11) is 0. The number of aryl methyl sites for hydroxylation is 1. The van der Waals surface area contributed by atoms with E-state index in [1.165, 1.54) is 0 Å². The van der Waals surface area contributed by atoms with Gasteiger partial charge in [-0.05, 0) is 43.0 Å². The monoisotopic (exact) mass is 357 g/mol. The molecule has 1 fully saturated rings. The molecule has 1 saturated carbocycles. The molecule has 0 saturated heterocycles. The third kappa shape index (κ3) is 2.63. The Morgan fingerprint density at radius 1 is 1.28 bits per heavy atom. The van der Waals surface area contributed by atoms with E-state index in [-0.39, 0.29) is 11.7 Å². The standard InChI is InChI=1S/C19H20ClN3O2/c1-12-5-6-14(23-11-13(20)10-21-23)9-15(12)16-17(24)19(22-18(16)25)7-3-2-4-8-19/h5-6,9-11,24H,2-4,7-8H2,1H3,(H,22,25). The second-order valence-electron chi connectivity index (χ2n) is 6.92. The van der Waals surface area contributed by atoms with Gasteiger partial charge in [0.2, 0.25) is 0 Å². The lowest BCUT2D eigenvalue weighted by molar-refractivity contribution is -0.116. The van der Waals surface area contributed by atoms with Gasteiger partial charge < -0.3 is 10.4 Å². The second kappa shape index (κ2) is 5.92. The first-order valence-corrected chi connectivity index (χ1v) is 8.96. The summed E-state index contributed by atoms with van der Waals surface area (Å²) in [6.45, 7) is 1.94. The van der Waals surface area contributed by atoms with Crippen molar-refractivity contribution in [3.8, 4) is 5.69 Å². The van der Waals surface area contributed by atoms with Gasteiger partial charge in [-0.1, -0.05) is 36.9 Å². The summed E-state index contributed by atoms with van der Waals surface area (Å²) in [6.07, 6.45) is 8.04. The average molecular weight is 358 g/mol. The van der Waals surface area contributed by atoms with E-state index in [1.807, 2.05) is 25.1 Å². The fourth-order valence-corrected chi connectivity index (χ4v) is 4.05. The van der Waals surface area contributed by atoms with Crippen molar-refractivity contribution in [1.82, 2.24) is 15.1 Å². The zero-order chi connectivity index (χ0) is 17.6. The molecule has 6 heteroatoms. The van der Waals surface area contributed by atoms with Gasteiger partial charge in [-0.2, -0.15) is 5.10 Å². The second-order valence-corrected chi connectivity index (χ2v) is 7.36. The minimum atomic E-state index is -0.581. The van der Waals surface area contributed by atoms with E-state index in [2.05, 4.69) is 10.4 Å². The van der Waals surface area contributed by atoms with Gasteiger partial charge in [-0.15, -0.1) is 0 Å². The largest absolute Gasteiger partial charge is 0.509 e. The number of hydrogen-bond acceptors (Lipinski definition) is 3. The van der Waals surface area contributed by atoms with Gasteiger partial charge in [0.25, 0.3) is 5.91 Å². The molecule has 0 bridgehead atoms. The number of rotatable bonds is 2. The predicted molar refractivity (Wildman–Crippen MR) is 96.8 cm³/mol. The summed E-state index contributed by atoms with van der Waals surface area (Å²) < 4.78 is 1.66. The van der Waals surface area contributed by atoms with Crippen LogP contribution in [-0.4, -0.2) is 26.3 Å². The summed E-state index contributed by atoms with van der Waals surface area (Å²) in [6, 6.07) is 5.73. The first-order chi connectivity index (χ1) is 12.0. The van der Waals surface area contributed by atoms with Crippen molar-refractivity contribution < 1.29 is 9.90 Å². The van der Waals surface area contributed by atoms with Crippen LogP contribution >= 0.6 is 11.6 Å². The normalized spacial score (nSPS) is 19.5. The molecule has 130 valence electrons. The molecule has 0 radical (unpaired) electrons. The molecule has 1 aromatic heterocycles. The summed E-state index contributed by atoms with van der Waals surface area (Å²) >= 11 is 5.96. The van der Waals surface area contributed by atoms with Crippen LogP contribution in [0.25, 0.3) is 11.3 Å². The Morgan fingerprint density at radius 3 is 2.72 bits per heavy atom. The highest BCUT2D eigenvalue weighted by atomic mass is 35.5. The topological polar surface area (TPSA) is 67.2 Å². The number of carbonyl (C=O) groups excluding carboxylic acids is 1. The average Bonchev–Trinajstić information content (AvgIpc) is 3.12. The number of amides is 1. The fraction of sp³-hybridized carbons (Fsp3) is 0.368. The van der Waals surface area contributed by atoms with Crippen LogP contribution in [0.4, 0.5) is 0 Å². The Hall–Kier alpha value is -2.27. The van der Waals surface area contributed by atoms with Crippen LogP contribution in [0.3, 0.4) is 0 Å². The predicted octanol–water partition coefficient (Wildman–Crippen LogP) is 3.94. The SMILES string of the molecule is Cc1ccc(-n2cc(Cl)cn2)cc1C1=C(O)C2(CCCCC2)NC1=O.